The molecule has 0 bridgehead atoms. The largest absolute Gasteiger partial charge is 0.315 e. The Kier molecular flexibility index (Phi) is 8.89. The summed E-state index contributed by atoms with van der Waals surface area (Å²) in [5, 5.41) is 3.48. The molecule has 0 aromatic rings. The molecule has 0 aromatic heterocycles. The van der Waals surface area contributed by atoms with E-state index in [1.807, 2.05) is 0 Å². The van der Waals surface area contributed by atoms with Gasteiger partial charge in [0.05, 0.1) is 0 Å². The smallest absolute Gasteiger partial charge is 0.0240 e. The van der Waals surface area contributed by atoms with Gasteiger partial charge in [0, 0.05) is 12.6 Å². The highest BCUT2D eigenvalue weighted by Gasteiger charge is 2.24. The first-order valence-corrected chi connectivity index (χ1v) is 7.35. The standard InChI is InChI=1S/C15H34N2/c1-7-9-11-17(12-10-8-2)13-14(16-6)15(3,4)5/h14,16H,7-13H2,1-6H3. The fraction of sp³-hybridized carbons (Fsp3) is 1.00. The SMILES string of the molecule is CCCCN(CCCC)CC(NC)C(C)(C)C. The Morgan fingerprint density at radius 1 is 1.00 bits per heavy atom. The third-order valence-corrected chi connectivity index (χ3v) is 3.49. The molecule has 0 aliphatic carbocycles. The zero-order valence-corrected chi connectivity index (χ0v) is 13.0. The summed E-state index contributed by atoms with van der Waals surface area (Å²) < 4.78 is 0. The van der Waals surface area contributed by atoms with E-state index in [0.29, 0.717) is 11.5 Å². The van der Waals surface area contributed by atoms with Crippen molar-refractivity contribution in [3.05, 3.63) is 0 Å². The summed E-state index contributed by atoms with van der Waals surface area (Å²) in [5.74, 6) is 0. The molecule has 0 fully saturated rings. The van der Waals surface area contributed by atoms with E-state index >= 15 is 0 Å². The van der Waals surface area contributed by atoms with E-state index < -0.39 is 0 Å². The Balaban J connectivity index is 4.26. The highest BCUT2D eigenvalue weighted by Crippen LogP contribution is 2.20. The van der Waals surface area contributed by atoms with E-state index in [1.165, 1.54) is 45.3 Å². The number of rotatable bonds is 9. The lowest BCUT2D eigenvalue weighted by Crippen LogP contribution is -2.47. The van der Waals surface area contributed by atoms with E-state index in [-0.39, 0.29) is 0 Å². The Hall–Kier alpha value is -0.0800. The van der Waals surface area contributed by atoms with Gasteiger partial charge in [-0.15, -0.1) is 0 Å². The van der Waals surface area contributed by atoms with Crippen molar-refractivity contribution >= 4 is 0 Å². The lowest BCUT2D eigenvalue weighted by Gasteiger charge is -2.35. The highest BCUT2D eigenvalue weighted by molar-refractivity contribution is 4.82. The summed E-state index contributed by atoms with van der Waals surface area (Å²) in [7, 11) is 2.09. The molecule has 0 aliphatic rings. The molecular weight excluding hydrogens is 208 g/mol. The molecule has 0 aromatic carbocycles. The highest BCUT2D eigenvalue weighted by atomic mass is 15.1. The van der Waals surface area contributed by atoms with Crippen LogP contribution in [0.25, 0.3) is 0 Å². The maximum atomic E-state index is 3.48. The normalized spacial score (nSPS) is 14.3. The fourth-order valence-electron chi connectivity index (χ4n) is 2.11. The summed E-state index contributed by atoms with van der Waals surface area (Å²) in [6, 6.07) is 0.580. The van der Waals surface area contributed by atoms with E-state index in [2.05, 4.69) is 51.9 Å². The molecule has 0 amide bonds. The molecule has 1 N–H and O–H groups in total. The van der Waals surface area contributed by atoms with Gasteiger partial charge < -0.3 is 10.2 Å². The minimum Gasteiger partial charge on any atom is -0.315 e. The molecule has 2 heteroatoms. The van der Waals surface area contributed by atoms with E-state index in [9.17, 15) is 0 Å². The lowest BCUT2D eigenvalue weighted by atomic mass is 9.86. The Morgan fingerprint density at radius 3 is 1.76 bits per heavy atom. The van der Waals surface area contributed by atoms with Crippen molar-refractivity contribution in [3.8, 4) is 0 Å². The van der Waals surface area contributed by atoms with Crippen molar-refractivity contribution < 1.29 is 0 Å². The number of unbranched alkanes of at least 4 members (excludes halogenated alkanes) is 2. The first-order chi connectivity index (χ1) is 7.95. The molecule has 1 unspecified atom stereocenters. The predicted octanol–water partition coefficient (Wildman–Crippen LogP) is 3.52. The molecule has 0 saturated heterocycles. The van der Waals surface area contributed by atoms with Crippen molar-refractivity contribution in [1.82, 2.24) is 10.2 Å². The summed E-state index contributed by atoms with van der Waals surface area (Å²) in [5.41, 5.74) is 0.339. The maximum Gasteiger partial charge on any atom is 0.0240 e. The third kappa shape index (κ3) is 7.77. The summed E-state index contributed by atoms with van der Waals surface area (Å²) in [6.07, 6.45) is 5.24. The van der Waals surface area contributed by atoms with Crippen LogP contribution in [0.5, 0.6) is 0 Å². The van der Waals surface area contributed by atoms with Crippen LogP contribution in [-0.2, 0) is 0 Å². The molecule has 0 aliphatic heterocycles. The van der Waals surface area contributed by atoms with E-state index in [0.717, 1.165) is 0 Å². The molecule has 2 nitrogen and oxygen atoms in total. The molecule has 104 valence electrons. The Morgan fingerprint density at radius 2 is 1.47 bits per heavy atom. The van der Waals surface area contributed by atoms with Gasteiger partial charge in [-0.25, -0.2) is 0 Å². The number of likely N-dealkylation sites (N-methyl/N-ethyl adjacent to an activating group) is 1. The number of nitrogens with one attached hydrogen (secondary N) is 1. The minimum absolute atomic E-state index is 0.339. The lowest BCUT2D eigenvalue weighted by molar-refractivity contribution is 0.175. The fourth-order valence-corrected chi connectivity index (χ4v) is 2.11. The second-order valence-electron chi connectivity index (χ2n) is 6.22. The average Bonchev–Trinajstić information content (AvgIpc) is 2.26. The van der Waals surface area contributed by atoms with Crippen LogP contribution in [0.2, 0.25) is 0 Å². The molecule has 0 heterocycles. The summed E-state index contributed by atoms with van der Waals surface area (Å²) in [4.78, 5) is 2.64. The van der Waals surface area contributed by atoms with Crippen LogP contribution in [0.4, 0.5) is 0 Å². The zero-order valence-electron chi connectivity index (χ0n) is 13.0. The average molecular weight is 242 g/mol. The molecular formula is C15H34N2. The van der Waals surface area contributed by atoms with Crippen LogP contribution >= 0.6 is 0 Å². The van der Waals surface area contributed by atoms with Crippen molar-refractivity contribution in [2.24, 2.45) is 5.41 Å². The number of hydrogen-bond acceptors (Lipinski definition) is 2. The van der Waals surface area contributed by atoms with Gasteiger partial charge in [-0.2, -0.15) is 0 Å². The molecule has 0 saturated carbocycles. The predicted molar refractivity (Wildman–Crippen MR) is 78.6 cm³/mol. The van der Waals surface area contributed by atoms with Crippen LogP contribution < -0.4 is 5.32 Å². The van der Waals surface area contributed by atoms with Crippen molar-refractivity contribution in [3.63, 3.8) is 0 Å². The van der Waals surface area contributed by atoms with Crippen LogP contribution in [0, 0.1) is 5.41 Å². The molecule has 1 atom stereocenters. The Labute approximate surface area is 109 Å². The second-order valence-corrected chi connectivity index (χ2v) is 6.22. The van der Waals surface area contributed by atoms with Crippen molar-refractivity contribution in [2.75, 3.05) is 26.7 Å². The Bertz CT molecular complexity index is 164. The van der Waals surface area contributed by atoms with E-state index in [1.54, 1.807) is 0 Å². The van der Waals surface area contributed by atoms with Crippen LogP contribution in [0.1, 0.15) is 60.3 Å². The van der Waals surface area contributed by atoms with Gasteiger partial charge in [-0.3, -0.25) is 0 Å². The minimum atomic E-state index is 0.339. The van der Waals surface area contributed by atoms with Crippen LogP contribution in [0.15, 0.2) is 0 Å². The van der Waals surface area contributed by atoms with Gasteiger partial charge in [0.25, 0.3) is 0 Å². The first-order valence-electron chi connectivity index (χ1n) is 7.35. The van der Waals surface area contributed by atoms with Gasteiger partial charge in [0.1, 0.15) is 0 Å². The van der Waals surface area contributed by atoms with Crippen LogP contribution in [-0.4, -0.2) is 37.6 Å². The van der Waals surface area contributed by atoms with Crippen molar-refractivity contribution in [2.45, 2.75) is 66.3 Å². The molecule has 0 rings (SSSR count). The summed E-state index contributed by atoms with van der Waals surface area (Å²) >= 11 is 0. The quantitative estimate of drug-likeness (QED) is 0.665. The number of hydrogen-bond donors (Lipinski definition) is 1. The zero-order chi connectivity index (χ0) is 13.3. The second kappa shape index (κ2) is 8.93. The van der Waals surface area contributed by atoms with Gasteiger partial charge in [0.15, 0.2) is 0 Å². The van der Waals surface area contributed by atoms with Gasteiger partial charge in [0.2, 0.25) is 0 Å². The molecule has 17 heavy (non-hydrogen) atoms. The maximum absolute atomic E-state index is 3.48. The topological polar surface area (TPSA) is 15.3 Å². The molecule has 0 radical (unpaired) electrons. The van der Waals surface area contributed by atoms with Gasteiger partial charge in [-0.1, -0.05) is 47.5 Å². The molecule has 0 spiro atoms. The van der Waals surface area contributed by atoms with E-state index in [4.69, 9.17) is 0 Å². The first kappa shape index (κ1) is 16.9. The van der Waals surface area contributed by atoms with Crippen molar-refractivity contribution in [1.29, 1.82) is 0 Å². The van der Waals surface area contributed by atoms with Crippen LogP contribution in [0.3, 0.4) is 0 Å². The monoisotopic (exact) mass is 242 g/mol. The van der Waals surface area contributed by atoms with Gasteiger partial charge in [-0.05, 0) is 38.4 Å². The van der Waals surface area contributed by atoms with Gasteiger partial charge >= 0.3 is 0 Å². The summed E-state index contributed by atoms with van der Waals surface area (Å²) in [6.45, 7) is 15.2. The third-order valence-electron chi connectivity index (χ3n) is 3.49. The number of nitrogens with zero attached hydrogens (tertiary/aromatic N) is 1.